The molecule has 2 aromatic rings. The molecule has 0 spiro atoms. The van der Waals surface area contributed by atoms with E-state index in [1.54, 1.807) is 32.0 Å². The van der Waals surface area contributed by atoms with Crippen LogP contribution in [0.1, 0.15) is 36.7 Å². The summed E-state index contributed by atoms with van der Waals surface area (Å²) in [5.74, 6) is -0.695. The van der Waals surface area contributed by atoms with Gasteiger partial charge in [-0.15, -0.1) is 0 Å². The average molecular weight is 473 g/mol. The van der Waals surface area contributed by atoms with Crippen molar-refractivity contribution in [2.75, 3.05) is 26.6 Å². The molecule has 9 heteroatoms. The molecule has 0 aliphatic rings. The number of anilines is 1. The molecule has 0 fully saturated rings. The highest BCUT2D eigenvalue weighted by atomic mass is 16.5. The molecule has 34 heavy (non-hydrogen) atoms. The lowest BCUT2D eigenvalue weighted by atomic mass is 10.0. The third-order valence-corrected chi connectivity index (χ3v) is 5.10. The average Bonchev–Trinajstić information content (AvgIpc) is 2.81. The van der Waals surface area contributed by atoms with Crippen molar-refractivity contribution in [2.24, 2.45) is 5.92 Å². The standard InChI is InChI=1S/C25H32N2O7/c1-14(2)22(27-24(29)17-11-18(31-5)13-19(12-17)32-6)25(30)34-16(4)23(28)26-20-10-15(3)8-9-21(20)33-7/h8-14,16,22H,1-7H3,(H,26,28)(H,27,29)/t16-,22-/m0/s1. The van der Waals surface area contributed by atoms with Gasteiger partial charge in [-0.25, -0.2) is 4.79 Å². The highest BCUT2D eigenvalue weighted by Gasteiger charge is 2.30. The number of carbonyl (C=O) groups excluding carboxylic acids is 3. The van der Waals surface area contributed by atoms with Crippen LogP contribution < -0.4 is 24.8 Å². The van der Waals surface area contributed by atoms with E-state index in [0.717, 1.165) is 5.56 Å². The minimum atomic E-state index is -1.10. The van der Waals surface area contributed by atoms with E-state index in [1.165, 1.54) is 40.4 Å². The minimum absolute atomic E-state index is 0.256. The zero-order valence-corrected chi connectivity index (χ0v) is 20.6. The van der Waals surface area contributed by atoms with E-state index in [0.29, 0.717) is 22.9 Å². The summed E-state index contributed by atoms with van der Waals surface area (Å²) < 4.78 is 21.0. The van der Waals surface area contributed by atoms with Crippen LogP contribution in [-0.2, 0) is 14.3 Å². The van der Waals surface area contributed by atoms with Crippen LogP contribution in [0.25, 0.3) is 0 Å². The zero-order valence-electron chi connectivity index (χ0n) is 20.6. The first kappa shape index (κ1) is 26.5. The number of aryl methyl sites for hydroxylation is 1. The normalized spacial score (nSPS) is 12.4. The molecule has 0 aromatic heterocycles. The van der Waals surface area contributed by atoms with Gasteiger partial charge in [-0.3, -0.25) is 9.59 Å². The van der Waals surface area contributed by atoms with E-state index >= 15 is 0 Å². The molecular weight excluding hydrogens is 440 g/mol. The molecule has 0 aliphatic heterocycles. The minimum Gasteiger partial charge on any atom is -0.497 e. The second-order valence-electron chi connectivity index (χ2n) is 8.07. The monoisotopic (exact) mass is 472 g/mol. The van der Waals surface area contributed by atoms with Gasteiger partial charge in [0.05, 0.1) is 27.0 Å². The van der Waals surface area contributed by atoms with Crippen molar-refractivity contribution in [3.05, 3.63) is 47.5 Å². The summed E-state index contributed by atoms with van der Waals surface area (Å²) in [6.07, 6.45) is -1.10. The predicted octanol–water partition coefficient (Wildman–Crippen LogP) is 3.35. The lowest BCUT2D eigenvalue weighted by Crippen LogP contribution is -2.47. The molecule has 0 radical (unpaired) electrons. The fourth-order valence-electron chi connectivity index (χ4n) is 3.12. The maximum absolute atomic E-state index is 12.9. The van der Waals surface area contributed by atoms with Gasteiger partial charge in [0.15, 0.2) is 6.10 Å². The quantitative estimate of drug-likeness (QED) is 0.510. The number of hydrogen-bond acceptors (Lipinski definition) is 7. The molecule has 0 saturated heterocycles. The van der Waals surface area contributed by atoms with E-state index < -0.39 is 29.9 Å². The fraction of sp³-hybridized carbons (Fsp3) is 0.400. The Hall–Kier alpha value is -3.75. The third kappa shape index (κ3) is 6.87. The lowest BCUT2D eigenvalue weighted by Gasteiger charge is -2.23. The molecule has 2 rings (SSSR count). The van der Waals surface area contributed by atoms with E-state index in [4.69, 9.17) is 18.9 Å². The van der Waals surface area contributed by atoms with Gasteiger partial charge in [-0.1, -0.05) is 19.9 Å². The molecule has 0 saturated carbocycles. The van der Waals surface area contributed by atoms with Crippen molar-refractivity contribution in [3.63, 3.8) is 0 Å². The highest BCUT2D eigenvalue weighted by Crippen LogP contribution is 2.26. The number of rotatable bonds is 10. The van der Waals surface area contributed by atoms with Gasteiger partial charge in [0.2, 0.25) is 0 Å². The number of benzene rings is 2. The van der Waals surface area contributed by atoms with E-state index in [-0.39, 0.29) is 11.5 Å². The number of nitrogens with one attached hydrogen (secondary N) is 2. The van der Waals surface area contributed by atoms with E-state index in [1.807, 2.05) is 13.0 Å². The van der Waals surface area contributed by atoms with Crippen molar-refractivity contribution in [1.29, 1.82) is 0 Å². The Morgan fingerprint density at radius 1 is 0.853 bits per heavy atom. The Bertz CT molecular complexity index is 1010. The first-order chi connectivity index (χ1) is 16.1. The molecule has 2 atom stereocenters. The van der Waals surface area contributed by atoms with Crippen molar-refractivity contribution in [1.82, 2.24) is 5.32 Å². The van der Waals surface area contributed by atoms with Gasteiger partial charge < -0.3 is 29.6 Å². The Morgan fingerprint density at radius 3 is 2.00 bits per heavy atom. The number of carbonyl (C=O) groups is 3. The molecule has 9 nitrogen and oxygen atoms in total. The Balaban J connectivity index is 2.10. The van der Waals surface area contributed by atoms with Crippen LogP contribution >= 0.6 is 0 Å². The number of esters is 1. The Labute approximate surface area is 199 Å². The first-order valence-electron chi connectivity index (χ1n) is 10.8. The van der Waals surface area contributed by atoms with E-state index in [2.05, 4.69) is 10.6 Å². The molecule has 184 valence electrons. The van der Waals surface area contributed by atoms with Crippen LogP contribution in [0.5, 0.6) is 17.2 Å². The summed E-state index contributed by atoms with van der Waals surface area (Å²) in [5, 5.41) is 5.39. The van der Waals surface area contributed by atoms with Crippen molar-refractivity contribution >= 4 is 23.5 Å². The maximum atomic E-state index is 12.9. The second-order valence-corrected chi connectivity index (χ2v) is 8.07. The topological polar surface area (TPSA) is 112 Å². The predicted molar refractivity (Wildman–Crippen MR) is 128 cm³/mol. The SMILES string of the molecule is COc1cc(OC)cc(C(=O)N[C@H](C(=O)O[C@@H](C)C(=O)Nc2cc(C)ccc2OC)C(C)C)c1. The largest absolute Gasteiger partial charge is 0.497 e. The van der Waals surface area contributed by atoms with Crippen LogP contribution in [0.4, 0.5) is 5.69 Å². The summed E-state index contributed by atoms with van der Waals surface area (Å²) in [7, 11) is 4.45. The molecule has 2 N–H and O–H groups in total. The maximum Gasteiger partial charge on any atom is 0.329 e. The smallest absolute Gasteiger partial charge is 0.329 e. The molecule has 0 heterocycles. The summed E-state index contributed by atoms with van der Waals surface area (Å²) in [6, 6.07) is 9.07. The van der Waals surface area contributed by atoms with Gasteiger partial charge in [-0.2, -0.15) is 0 Å². The van der Waals surface area contributed by atoms with Gasteiger partial charge in [0.25, 0.3) is 11.8 Å². The molecule has 0 unspecified atom stereocenters. The Kier molecular flexibility index (Phi) is 9.29. The highest BCUT2D eigenvalue weighted by molar-refractivity contribution is 5.99. The Morgan fingerprint density at radius 2 is 1.47 bits per heavy atom. The summed E-state index contributed by atoms with van der Waals surface area (Å²) in [6.45, 7) is 6.87. The molecular formula is C25H32N2O7. The van der Waals surface area contributed by atoms with Crippen molar-refractivity contribution < 1.29 is 33.3 Å². The van der Waals surface area contributed by atoms with Crippen molar-refractivity contribution in [2.45, 2.75) is 39.8 Å². The fourth-order valence-corrected chi connectivity index (χ4v) is 3.12. The molecule has 0 bridgehead atoms. The number of amides is 2. The van der Waals surface area contributed by atoms with Gasteiger partial charge >= 0.3 is 5.97 Å². The molecule has 2 aromatic carbocycles. The molecule has 2 amide bonds. The van der Waals surface area contributed by atoms with Crippen LogP contribution in [0.15, 0.2) is 36.4 Å². The molecule has 0 aliphatic carbocycles. The van der Waals surface area contributed by atoms with Gasteiger partial charge in [0, 0.05) is 11.6 Å². The van der Waals surface area contributed by atoms with Crippen LogP contribution in [-0.4, -0.2) is 51.3 Å². The van der Waals surface area contributed by atoms with Crippen molar-refractivity contribution in [3.8, 4) is 17.2 Å². The number of ether oxygens (including phenoxy) is 4. The van der Waals surface area contributed by atoms with Crippen LogP contribution in [0.3, 0.4) is 0 Å². The number of methoxy groups -OCH3 is 3. The summed E-state index contributed by atoms with van der Waals surface area (Å²) in [5.41, 5.74) is 1.65. The van der Waals surface area contributed by atoms with Gasteiger partial charge in [0.1, 0.15) is 23.3 Å². The lowest BCUT2D eigenvalue weighted by molar-refractivity contribution is -0.156. The third-order valence-electron chi connectivity index (χ3n) is 5.10. The second kappa shape index (κ2) is 11.9. The van der Waals surface area contributed by atoms with Crippen LogP contribution in [0, 0.1) is 12.8 Å². The number of hydrogen-bond donors (Lipinski definition) is 2. The van der Waals surface area contributed by atoms with Gasteiger partial charge in [-0.05, 0) is 49.6 Å². The van der Waals surface area contributed by atoms with Crippen LogP contribution in [0.2, 0.25) is 0 Å². The summed E-state index contributed by atoms with van der Waals surface area (Å²) in [4.78, 5) is 38.3. The zero-order chi connectivity index (χ0) is 25.4. The summed E-state index contributed by atoms with van der Waals surface area (Å²) >= 11 is 0. The van der Waals surface area contributed by atoms with E-state index in [9.17, 15) is 14.4 Å². The first-order valence-corrected chi connectivity index (χ1v) is 10.8.